The van der Waals surface area contributed by atoms with E-state index in [2.05, 4.69) is 10.2 Å². The summed E-state index contributed by atoms with van der Waals surface area (Å²) >= 11 is 0. The zero-order valence-corrected chi connectivity index (χ0v) is 8.28. The molecule has 7 nitrogen and oxygen atoms in total. The molecule has 1 aliphatic carbocycles. The van der Waals surface area contributed by atoms with Crippen molar-refractivity contribution in [1.82, 2.24) is 0 Å². The molecule has 0 radical (unpaired) electrons. The summed E-state index contributed by atoms with van der Waals surface area (Å²) in [6.07, 6.45) is 4.11. The number of rotatable bonds is 2. The van der Waals surface area contributed by atoms with Gasteiger partial charge in [0.15, 0.2) is 6.04 Å². The summed E-state index contributed by atoms with van der Waals surface area (Å²) in [7, 11) is 0. The van der Waals surface area contributed by atoms with Gasteiger partial charge in [0.2, 0.25) is 0 Å². The van der Waals surface area contributed by atoms with E-state index < -0.39 is 16.9 Å². The molecule has 7 heteroatoms. The second-order valence-corrected chi connectivity index (χ2v) is 3.23. The van der Waals surface area contributed by atoms with Crippen molar-refractivity contribution in [2.45, 2.75) is 13.0 Å². The highest BCUT2D eigenvalue weighted by molar-refractivity contribution is 5.68. The molecule has 16 heavy (non-hydrogen) atoms. The third kappa shape index (κ3) is 1.74. The highest BCUT2D eigenvalue weighted by atomic mass is 16.6. The average Bonchev–Trinajstić information content (AvgIpc) is 2.62. The van der Waals surface area contributed by atoms with Gasteiger partial charge in [0, 0.05) is 12.5 Å². The van der Waals surface area contributed by atoms with E-state index in [0.29, 0.717) is 5.57 Å². The molecule has 1 atom stereocenters. The largest absolute Gasteiger partial charge is 0.426 e. The van der Waals surface area contributed by atoms with Crippen LogP contribution in [0.15, 0.2) is 45.6 Å². The maximum atomic E-state index is 10.8. The molecule has 0 aromatic heterocycles. The number of carbonyl (C=O) groups is 1. The van der Waals surface area contributed by atoms with Gasteiger partial charge in [0.05, 0.1) is 17.2 Å². The predicted molar refractivity (Wildman–Crippen MR) is 51.7 cm³/mol. The van der Waals surface area contributed by atoms with Gasteiger partial charge < -0.3 is 4.74 Å². The number of nitrogens with zero attached hydrogens (tertiary/aromatic N) is 3. The molecule has 0 spiro atoms. The van der Waals surface area contributed by atoms with Crippen LogP contribution in [0.4, 0.5) is 0 Å². The first-order chi connectivity index (χ1) is 7.58. The number of fused-ring (bicyclic) bond motifs is 1. The topological polar surface area (TPSA) is 94.2 Å². The summed E-state index contributed by atoms with van der Waals surface area (Å²) < 4.78 is 4.80. The third-order valence-corrected chi connectivity index (χ3v) is 2.06. The smallest absolute Gasteiger partial charge is 0.308 e. The lowest BCUT2D eigenvalue weighted by molar-refractivity contribution is -0.428. The fourth-order valence-electron chi connectivity index (χ4n) is 1.46. The summed E-state index contributed by atoms with van der Waals surface area (Å²) in [4.78, 5) is 21.0. The van der Waals surface area contributed by atoms with Crippen LogP contribution in [0.5, 0.6) is 0 Å². The summed E-state index contributed by atoms with van der Waals surface area (Å²) in [6.45, 7) is 1.23. The Labute approximate surface area is 90.0 Å². The Bertz CT molecular complexity index is 487. The van der Waals surface area contributed by atoms with Crippen molar-refractivity contribution in [2.75, 3.05) is 0 Å². The molecular formula is C9H7N3O4. The molecule has 0 fully saturated rings. The van der Waals surface area contributed by atoms with E-state index in [0.717, 1.165) is 0 Å². The molecule has 0 bridgehead atoms. The van der Waals surface area contributed by atoms with Gasteiger partial charge in [-0.3, -0.25) is 14.9 Å². The van der Waals surface area contributed by atoms with Gasteiger partial charge in [-0.25, -0.2) is 0 Å². The maximum Gasteiger partial charge on any atom is 0.308 e. The minimum absolute atomic E-state index is 0.133. The van der Waals surface area contributed by atoms with Gasteiger partial charge in [-0.05, 0) is 6.08 Å². The summed E-state index contributed by atoms with van der Waals surface area (Å²) in [5.41, 5.74) is 0.400. The van der Waals surface area contributed by atoms with Crippen LogP contribution in [0.1, 0.15) is 6.92 Å². The van der Waals surface area contributed by atoms with E-state index in [1.165, 1.54) is 25.3 Å². The molecule has 0 saturated heterocycles. The SMILES string of the molecule is CC(=O)OC1=CC2=CN=N[C@H]2C([N+](=O)[O-])=C1. The second-order valence-electron chi connectivity index (χ2n) is 3.23. The summed E-state index contributed by atoms with van der Waals surface area (Å²) in [5.74, 6) is -0.398. The van der Waals surface area contributed by atoms with Crippen molar-refractivity contribution in [1.29, 1.82) is 0 Å². The Morgan fingerprint density at radius 3 is 2.94 bits per heavy atom. The van der Waals surface area contributed by atoms with Crippen LogP contribution in [0.3, 0.4) is 0 Å². The fraction of sp³-hybridized carbons (Fsp3) is 0.222. The van der Waals surface area contributed by atoms with Crippen molar-refractivity contribution in [3.63, 3.8) is 0 Å². The molecule has 2 aliphatic rings. The minimum Gasteiger partial charge on any atom is -0.426 e. The van der Waals surface area contributed by atoms with Crippen LogP contribution in [0.25, 0.3) is 0 Å². The van der Waals surface area contributed by atoms with Gasteiger partial charge in [-0.1, -0.05) is 0 Å². The highest BCUT2D eigenvalue weighted by Gasteiger charge is 2.34. The lowest BCUT2D eigenvalue weighted by Gasteiger charge is -2.12. The standard InChI is InChI=1S/C9H7N3O4/c1-5(13)16-7-2-6-4-10-11-9(6)8(3-7)12(14)15/h2-4,9H,1H3/t9-/m1/s1. The van der Waals surface area contributed by atoms with E-state index in [-0.39, 0.29) is 11.5 Å². The molecule has 0 N–H and O–H groups in total. The molecule has 2 rings (SSSR count). The van der Waals surface area contributed by atoms with Crippen molar-refractivity contribution < 1.29 is 14.5 Å². The van der Waals surface area contributed by atoms with Crippen LogP contribution in [0.2, 0.25) is 0 Å². The lowest BCUT2D eigenvalue weighted by Crippen LogP contribution is -2.19. The van der Waals surface area contributed by atoms with E-state index >= 15 is 0 Å². The lowest BCUT2D eigenvalue weighted by atomic mass is 10.0. The Morgan fingerprint density at radius 1 is 1.56 bits per heavy atom. The number of carbonyl (C=O) groups excluding carboxylic acids is 1. The van der Waals surface area contributed by atoms with E-state index in [1.807, 2.05) is 0 Å². The summed E-state index contributed by atoms with van der Waals surface area (Å²) in [5, 5.41) is 18.1. The minimum atomic E-state index is -0.686. The number of azo groups is 1. The number of allylic oxidation sites excluding steroid dienone is 1. The van der Waals surface area contributed by atoms with Crippen molar-refractivity contribution in [3.05, 3.63) is 45.5 Å². The van der Waals surface area contributed by atoms with Gasteiger partial charge >= 0.3 is 5.97 Å². The van der Waals surface area contributed by atoms with Gasteiger partial charge in [0.1, 0.15) is 5.76 Å². The molecule has 0 saturated carbocycles. The number of hydrogen-bond acceptors (Lipinski definition) is 6. The maximum absolute atomic E-state index is 10.8. The molecule has 1 heterocycles. The van der Waals surface area contributed by atoms with Crippen LogP contribution in [-0.4, -0.2) is 16.9 Å². The zero-order chi connectivity index (χ0) is 11.7. The van der Waals surface area contributed by atoms with Gasteiger partial charge in [-0.15, -0.1) is 0 Å². The van der Waals surface area contributed by atoms with E-state index in [4.69, 9.17) is 4.74 Å². The number of ether oxygens (including phenoxy) is 1. The zero-order valence-electron chi connectivity index (χ0n) is 8.28. The quantitative estimate of drug-likeness (QED) is 0.399. The van der Waals surface area contributed by atoms with Crippen molar-refractivity contribution >= 4 is 5.97 Å². The van der Waals surface area contributed by atoms with Gasteiger partial charge in [-0.2, -0.15) is 10.2 Å². The monoisotopic (exact) mass is 221 g/mol. The first kappa shape index (κ1) is 10.2. The van der Waals surface area contributed by atoms with Crippen molar-refractivity contribution in [3.8, 4) is 0 Å². The van der Waals surface area contributed by atoms with E-state index in [1.54, 1.807) is 0 Å². The Morgan fingerprint density at radius 2 is 2.31 bits per heavy atom. The molecular weight excluding hydrogens is 214 g/mol. The molecule has 0 aromatic carbocycles. The summed E-state index contributed by atoms with van der Waals surface area (Å²) in [6, 6.07) is -0.686. The Balaban J connectivity index is 2.36. The first-order valence-corrected chi connectivity index (χ1v) is 4.44. The molecule has 0 aromatic rings. The van der Waals surface area contributed by atoms with Crippen molar-refractivity contribution in [2.24, 2.45) is 10.2 Å². The molecule has 1 aliphatic heterocycles. The van der Waals surface area contributed by atoms with Crippen LogP contribution >= 0.6 is 0 Å². The first-order valence-electron chi connectivity index (χ1n) is 4.44. The molecule has 0 amide bonds. The van der Waals surface area contributed by atoms with Crippen LogP contribution < -0.4 is 0 Å². The number of hydrogen-bond donors (Lipinski definition) is 0. The van der Waals surface area contributed by atoms with Crippen LogP contribution in [0, 0.1) is 10.1 Å². The van der Waals surface area contributed by atoms with E-state index in [9.17, 15) is 14.9 Å². The average molecular weight is 221 g/mol. The van der Waals surface area contributed by atoms with Crippen LogP contribution in [-0.2, 0) is 9.53 Å². The Hall–Kier alpha value is -2.31. The third-order valence-electron chi connectivity index (χ3n) is 2.06. The fourth-order valence-corrected chi connectivity index (χ4v) is 1.46. The Kier molecular flexibility index (Phi) is 2.35. The molecule has 82 valence electrons. The van der Waals surface area contributed by atoms with Gasteiger partial charge in [0.25, 0.3) is 5.70 Å². The molecule has 0 unspecified atom stereocenters. The number of nitro groups is 1. The second kappa shape index (κ2) is 3.69. The predicted octanol–water partition coefficient (Wildman–Crippen LogP) is 1.33. The number of esters is 1. The normalized spacial score (nSPS) is 21.8. The highest BCUT2D eigenvalue weighted by Crippen LogP contribution is 2.30.